The molecule has 2 aromatic rings. The molecule has 33 heavy (non-hydrogen) atoms. The van der Waals surface area contributed by atoms with Gasteiger partial charge >= 0.3 is 5.97 Å². The third kappa shape index (κ3) is 6.00. The van der Waals surface area contributed by atoms with Gasteiger partial charge in [-0.05, 0) is 48.1 Å². The van der Waals surface area contributed by atoms with E-state index in [1.54, 1.807) is 31.3 Å². The van der Waals surface area contributed by atoms with Crippen molar-refractivity contribution in [2.75, 3.05) is 31.6 Å². The minimum atomic E-state index is -3.62. The van der Waals surface area contributed by atoms with Crippen LogP contribution in [0.5, 0.6) is 0 Å². The van der Waals surface area contributed by atoms with E-state index in [1.165, 1.54) is 9.21 Å². The second kappa shape index (κ2) is 10.1. The highest BCUT2D eigenvalue weighted by Gasteiger charge is 2.33. The van der Waals surface area contributed by atoms with Gasteiger partial charge in [-0.1, -0.05) is 51.1 Å². The molecule has 0 N–H and O–H groups in total. The maximum Gasteiger partial charge on any atom is 0.309 e. The van der Waals surface area contributed by atoms with Gasteiger partial charge in [0.1, 0.15) is 0 Å². The second-order valence-electron chi connectivity index (χ2n) is 9.35. The number of benzene rings is 2. The lowest BCUT2D eigenvalue weighted by atomic mass is 9.87. The molecule has 0 spiro atoms. The number of rotatable bonds is 6. The van der Waals surface area contributed by atoms with E-state index in [1.807, 2.05) is 30.3 Å². The molecule has 1 heterocycles. The molecule has 0 aromatic heterocycles. The number of nitrogens with zero attached hydrogens (tertiary/aromatic N) is 2. The number of amides is 1. The zero-order chi connectivity index (χ0) is 24.2. The van der Waals surface area contributed by atoms with Crippen molar-refractivity contribution >= 4 is 27.6 Å². The minimum Gasteiger partial charge on any atom is -0.455 e. The summed E-state index contributed by atoms with van der Waals surface area (Å²) < 4.78 is 32.7. The summed E-state index contributed by atoms with van der Waals surface area (Å²) in [6.45, 7) is 6.36. The molecule has 0 bridgehead atoms. The monoisotopic (exact) mass is 472 g/mol. The normalized spacial score (nSPS) is 15.8. The van der Waals surface area contributed by atoms with Crippen LogP contribution in [0.1, 0.15) is 39.2 Å². The smallest absolute Gasteiger partial charge is 0.309 e. The fraction of sp³-hybridized carbons (Fsp3) is 0.440. The van der Waals surface area contributed by atoms with Crippen molar-refractivity contribution in [2.24, 2.45) is 5.92 Å². The molecule has 8 heteroatoms. The first kappa shape index (κ1) is 24.9. The molecule has 0 atom stereocenters. The average Bonchev–Trinajstić information content (AvgIpc) is 2.82. The van der Waals surface area contributed by atoms with Gasteiger partial charge in [-0.2, -0.15) is 4.31 Å². The van der Waals surface area contributed by atoms with E-state index in [0.29, 0.717) is 18.5 Å². The quantitative estimate of drug-likeness (QED) is 0.600. The number of sulfonamides is 1. The predicted octanol–water partition coefficient (Wildman–Crippen LogP) is 3.59. The maximum absolute atomic E-state index is 13.0. The summed E-state index contributed by atoms with van der Waals surface area (Å²) in [4.78, 5) is 26.5. The van der Waals surface area contributed by atoms with Crippen LogP contribution in [-0.2, 0) is 29.8 Å². The maximum atomic E-state index is 13.0. The van der Waals surface area contributed by atoms with Crippen LogP contribution in [0.25, 0.3) is 0 Å². The number of anilines is 1. The van der Waals surface area contributed by atoms with E-state index in [-0.39, 0.29) is 35.9 Å². The van der Waals surface area contributed by atoms with Crippen LogP contribution in [0.2, 0.25) is 0 Å². The van der Waals surface area contributed by atoms with Gasteiger partial charge in [0.05, 0.1) is 10.8 Å². The Kier molecular flexibility index (Phi) is 7.59. The van der Waals surface area contributed by atoms with Gasteiger partial charge in [-0.15, -0.1) is 0 Å². The summed E-state index contributed by atoms with van der Waals surface area (Å²) >= 11 is 0. The Bertz CT molecular complexity index is 1070. The number of hydrogen-bond donors (Lipinski definition) is 0. The lowest BCUT2D eigenvalue weighted by Crippen LogP contribution is -2.41. The lowest BCUT2D eigenvalue weighted by Gasteiger charge is -2.30. The number of carbonyl (C=O) groups excluding carboxylic acids is 2. The molecule has 178 valence electrons. The number of ether oxygens (including phenoxy) is 1. The van der Waals surface area contributed by atoms with Crippen molar-refractivity contribution < 1.29 is 22.7 Å². The number of esters is 1. The summed E-state index contributed by atoms with van der Waals surface area (Å²) in [6.07, 6.45) is 0.724. The molecule has 0 radical (unpaired) electrons. The van der Waals surface area contributed by atoms with E-state index in [4.69, 9.17) is 4.74 Å². The molecule has 7 nitrogen and oxygen atoms in total. The first-order chi connectivity index (χ1) is 15.5. The Balaban J connectivity index is 1.52. The van der Waals surface area contributed by atoms with Crippen LogP contribution < -0.4 is 4.90 Å². The standard InChI is InChI=1S/C25H32N2O5S/c1-25(2,3)20-10-12-22(13-11-20)33(30,31)27-16-14-19(15-17-27)24(29)32-18-23(28)26(4)21-8-6-5-7-9-21/h5-13,19H,14-18H2,1-4H3. The average molecular weight is 473 g/mol. The van der Waals surface area contributed by atoms with Crippen LogP contribution in [0.3, 0.4) is 0 Å². The van der Waals surface area contributed by atoms with E-state index < -0.39 is 21.9 Å². The first-order valence-corrected chi connectivity index (χ1v) is 12.5. The second-order valence-corrected chi connectivity index (χ2v) is 11.3. The molecular weight excluding hydrogens is 440 g/mol. The van der Waals surface area contributed by atoms with Crippen LogP contribution in [0.4, 0.5) is 5.69 Å². The Morgan fingerprint density at radius 3 is 2.12 bits per heavy atom. The van der Waals surface area contributed by atoms with Gasteiger partial charge in [0.25, 0.3) is 5.91 Å². The highest BCUT2D eigenvalue weighted by molar-refractivity contribution is 7.89. The third-order valence-corrected chi connectivity index (χ3v) is 7.91. The van der Waals surface area contributed by atoms with Gasteiger partial charge < -0.3 is 9.64 Å². The summed E-state index contributed by atoms with van der Waals surface area (Å²) in [6, 6.07) is 16.1. The Hall–Kier alpha value is -2.71. The van der Waals surface area contributed by atoms with Gasteiger partial charge in [-0.3, -0.25) is 9.59 Å². The summed E-state index contributed by atoms with van der Waals surface area (Å²) in [5.41, 5.74) is 1.72. The number of likely N-dealkylation sites (N-methyl/N-ethyl adjacent to an activating group) is 1. The topological polar surface area (TPSA) is 84.0 Å². The lowest BCUT2D eigenvalue weighted by molar-refractivity contribution is -0.153. The summed E-state index contributed by atoms with van der Waals surface area (Å²) in [5.74, 6) is -1.21. The van der Waals surface area contributed by atoms with Crippen molar-refractivity contribution in [3.8, 4) is 0 Å². The zero-order valence-corrected chi connectivity index (χ0v) is 20.5. The Morgan fingerprint density at radius 1 is 1.00 bits per heavy atom. The molecule has 1 fully saturated rings. The largest absolute Gasteiger partial charge is 0.455 e. The van der Waals surface area contributed by atoms with E-state index in [2.05, 4.69) is 20.8 Å². The first-order valence-electron chi connectivity index (χ1n) is 11.1. The number of carbonyl (C=O) groups is 2. The fourth-order valence-electron chi connectivity index (χ4n) is 3.75. The SMILES string of the molecule is CN(C(=O)COC(=O)C1CCN(S(=O)(=O)c2ccc(C(C)(C)C)cc2)CC1)c1ccccc1. The van der Waals surface area contributed by atoms with Gasteiger partial charge in [0.15, 0.2) is 6.61 Å². The molecular formula is C25H32N2O5S. The minimum absolute atomic E-state index is 0.0573. The highest BCUT2D eigenvalue weighted by atomic mass is 32.2. The molecule has 0 unspecified atom stereocenters. The molecule has 2 aromatic carbocycles. The van der Waals surface area contributed by atoms with Gasteiger partial charge in [-0.25, -0.2) is 8.42 Å². The highest BCUT2D eigenvalue weighted by Crippen LogP contribution is 2.27. The van der Waals surface area contributed by atoms with E-state index >= 15 is 0 Å². The van der Waals surface area contributed by atoms with Crippen molar-refractivity contribution in [3.63, 3.8) is 0 Å². The van der Waals surface area contributed by atoms with Crippen molar-refractivity contribution in [1.29, 1.82) is 0 Å². The van der Waals surface area contributed by atoms with Crippen molar-refractivity contribution in [1.82, 2.24) is 4.31 Å². The molecule has 1 aliphatic rings. The summed E-state index contributed by atoms with van der Waals surface area (Å²) in [5, 5.41) is 0. The number of para-hydroxylation sites is 1. The number of hydrogen-bond acceptors (Lipinski definition) is 5. The van der Waals surface area contributed by atoms with Crippen LogP contribution >= 0.6 is 0 Å². The van der Waals surface area contributed by atoms with Crippen LogP contribution in [0, 0.1) is 5.92 Å². The molecule has 0 aliphatic carbocycles. The number of piperidine rings is 1. The third-order valence-electron chi connectivity index (χ3n) is 6.00. The molecule has 1 amide bonds. The van der Waals surface area contributed by atoms with E-state index in [9.17, 15) is 18.0 Å². The van der Waals surface area contributed by atoms with Crippen LogP contribution in [-0.4, -0.2) is 51.3 Å². The predicted molar refractivity (Wildman–Crippen MR) is 127 cm³/mol. The van der Waals surface area contributed by atoms with Crippen LogP contribution in [0.15, 0.2) is 59.5 Å². The fourth-order valence-corrected chi connectivity index (χ4v) is 5.22. The van der Waals surface area contributed by atoms with Crippen molar-refractivity contribution in [2.45, 2.75) is 43.9 Å². The van der Waals surface area contributed by atoms with Crippen molar-refractivity contribution in [3.05, 3.63) is 60.2 Å². The van der Waals surface area contributed by atoms with E-state index in [0.717, 1.165) is 5.56 Å². The molecule has 0 saturated carbocycles. The Morgan fingerprint density at radius 2 is 1.58 bits per heavy atom. The molecule has 3 rings (SSSR count). The van der Waals surface area contributed by atoms with Gasteiger partial charge in [0, 0.05) is 25.8 Å². The Labute approximate surface area is 196 Å². The molecule has 1 aliphatic heterocycles. The van der Waals surface area contributed by atoms with Gasteiger partial charge in [0.2, 0.25) is 10.0 Å². The summed E-state index contributed by atoms with van der Waals surface area (Å²) in [7, 11) is -1.99. The zero-order valence-electron chi connectivity index (χ0n) is 19.7. The molecule has 1 saturated heterocycles.